The molecule has 0 amide bonds. The molecule has 5 heteroatoms. The van der Waals surface area contributed by atoms with Crippen LogP contribution in [0.25, 0.3) is 0 Å². The highest BCUT2D eigenvalue weighted by Crippen LogP contribution is 2.38. The summed E-state index contributed by atoms with van der Waals surface area (Å²) < 4.78 is 0. The number of nitrogens with zero attached hydrogens (tertiary/aromatic N) is 2. The zero-order chi connectivity index (χ0) is 13.9. The SMILES string of the molecule is CCCNC1CCCc2sc(N3CCSCC3C)nc21. The van der Waals surface area contributed by atoms with Gasteiger partial charge in [-0.05, 0) is 39.2 Å². The Kier molecular flexibility index (Phi) is 4.89. The first-order valence-electron chi connectivity index (χ1n) is 7.87. The van der Waals surface area contributed by atoms with Crippen molar-refractivity contribution in [3.8, 4) is 0 Å². The Morgan fingerprint density at radius 2 is 2.35 bits per heavy atom. The maximum Gasteiger partial charge on any atom is 0.186 e. The molecule has 20 heavy (non-hydrogen) atoms. The highest BCUT2D eigenvalue weighted by Gasteiger charge is 2.28. The fourth-order valence-corrected chi connectivity index (χ4v) is 5.36. The highest BCUT2D eigenvalue weighted by atomic mass is 32.2. The van der Waals surface area contributed by atoms with Gasteiger partial charge in [-0.25, -0.2) is 4.98 Å². The van der Waals surface area contributed by atoms with Crippen molar-refractivity contribution in [3.05, 3.63) is 10.6 Å². The summed E-state index contributed by atoms with van der Waals surface area (Å²) in [6.45, 7) is 6.83. The first kappa shape index (κ1) is 14.7. The standard InChI is InChI=1S/C15H25N3S2/c1-3-7-16-12-5-4-6-13-14(12)17-15(20-13)18-8-9-19-10-11(18)2/h11-12,16H,3-10H2,1-2H3. The molecule has 0 aromatic carbocycles. The minimum atomic E-state index is 0.498. The van der Waals surface area contributed by atoms with Gasteiger partial charge in [-0.2, -0.15) is 11.8 Å². The van der Waals surface area contributed by atoms with Gasteiger partial charge >= 0.3 is 0 Å². The minimum Gasteiger partial charge on any atom is -0.344 e. The first-order chi connectivity index (χ1) is 9.79. The minimum absolute atomic E-state index is 0.498. The number of anilines is 1. The Labute approximate surface area is 130 Å². The van der Waals surface area contributed by atoms with Crippen molar-refractivity contribution in [1.29, 1.82) is 0 Å². The lowest BCUT2D eigenvalue weighted by atomic mass is 9.97. The number of thiazole rings is 1. The monoisotopic (exact) mass is 311 g/mol. The summed E-state index contributed by atoms with van der Waals surface area (Å²) in [4.78, 5) is 9.09. The smallest absolute Gasteiger partial charge is 0.186 e. The molecule has 0 saturated carbocycles. The average molecular weight is 312 g/mol. The molecule has 1 saturated heterocycles. The van der Waals surface area contributed by atoms with Crippen LogP contribution in [-0.4, -0.2) is 35.6 Å². The fraction of sp³-hybridized carbons (Fsp3) is 0.800. The van der Waals surface area contributed by atoms with E-state index >= 15 is 0 Å². The van der Waals surface area contributed by atoms with E-state index in [9.17, 15) is 0 Å². The third-order valence-electron chi connectivity index (χ3n) is 4.20. The van der Waals surface area contributed by atoms with Gasteiger partial charge in [-0.3, -0.25) is 0 Å². The average Bonchev–Trinajstić information content (AvgIpc) is 2.89. The predicted octanol–water partition coefficient (Wildman–Crippen LogP) is 3.46. The second-order valence-corrected chi connectivity index (χ2v) is 8.03. The Balaban J connectivity index is 1.79. The lowest BCUT2D eigenvalue weighted by Crippen LogP contribution is -2.40. The Morgan fingerprint density at radius 1 is 1.45 bits per heavy atom. The van der Waals surface area contributed by atoms with Crippen LogP contribution in [-0.2, 0) is 6.42 Å². The normalized spacial score (nSPS) is 26.6. The van der Waals surface area contributed by atoms with Crippen LogP contribution < -0.4 is 10.2 Å². The van der Waals surface area contributed by atoms with Crippen molar-refractivity contribution >= 4 is 28.2 Å². The molecule has 112 valence electrons. The van der Waals surface area contributed by atoms with Crippen LogP contribution in [0.3, 0.4) is 0 Å². The number of thioether (sulfide) groups is 1. The number of nitrogens with one attached hydrogen (secondary N) is 1. The van der Waals surface area contributed by atoms with Crippen molar-refractivity contribution in [1.82, 2.24) is 10.3 Å². The lowest BCUT2D eigenvalue weighted by Gasteiger charge is -2.32. The summed E-state index contributed by atoms with van der Waals surface area (Å²) >= 11 is 4.02. The van der Waals surface area contributed by atoms with Crippen LogP contribution in [0.4, 0.5) is 5.13 Å². The van der Waals surface area contributed by atoms with Gasteiger partial charge in [0.05, 0.1) is 11.7 Å². The quantitative estimate of drug-likeness (QED) is 0.922. The summed E-state index contributed by atoms with van der Waals surface area (Å²) in [6, 6.07) is 1.13. The summed E-state index contributed by atoms with van der Waals surface area (Å²) in [5, 5.41) is 4.95. The van der Waals surface area contributed by atoms with E-state index in [1.165, 1.54) is 52.9 Å². The molecule has 0 radical (unpaired) electrons. The molecular formula is C15H25N3S2. The van der Waals surface area contributed by atoms with Crippen molar-refractivity contribution in [2.24, 2.45) is 0 Å². The molecule has 1 N–H and O–H groups in total. The maximum atomic E-state index is 5.03. The Morgan fingerprint density at radius 3 is 3.15 bits per heavy atom. The van der Waals surface area contributed by atoms with Gasteiger partial charge in [0, 0.05) is 29.0 Å². The molecule has 1 fully saturated rings. The van der Waals surface area contributed by atoms with E-state index in [-0.39, 0.29) is 0 Å². The van der Waals surface area contributed by atoms with Gasteiger partial charge in [-0.1, -0.05) is 6.92 Å². The third-order valence-corrected chi connectivity index (χ3v) is 6.55. The summed E-state index contributed by atoms with van der Waals surface area (Å²) in [7, 11) is 0. The van der Waals surface area contributed by atoms with E-state index in [4.69, 9.17) is 4.98 Å². The van der Waals surface area contributed by atoms with E-state index in [2.05, 4.69) is 35.8 Å². The summed E-state index contributed by atoms with van der Waals surface area (Å²) in [6.07, 6.45) is 4.99. The molecule has 1 aliphatic carbocycles. The number of aryl methyl sites for hydroxylation is 1. The number of rotatable bonds is 4. The number of hydrogen-bond donors (Lipinski definition) is 1. The molecule has 2 atom stereocenters. The van der Waals surface area contributed by atoms with Crippen LogP contribution in [0, 0.1) is 0 Å². The Hall–Kier alpha value is -0.260. The third kappa shape index (κ3) is 3.00. The van der Waals surface area contributed by atoms with Crippen molar-refractivity contribution < 1.29 is 0 Å². The van der Waals surface area contributed by atoms with Gasteiger partial charge in [0.2, 0.25) is 0 Å². The molecule has 0 spiro atoms. The molecule has 1 aliphatic heterocycles. The van der Waals surface area contributed by atoms with Gasteiger partial charge in [0.25, 0.3) is 0 Å². The topological polar surface area (TPSA) is 28.2 Å². The molecule has 0 bridgehead atoms. The maximum absolute atomic E-state index is 5.03. The predicted molar refractivity (Wildman–Crippen MR) is 90.2 cm³/mol. The van der Waals surface area contributed by atoms with Gasteiger partial charge in [-0.15, -0.1) is 11.3 Å². The van der Waals surface area contributed by atoms with E-state index in [0.29, 0.717) is 12.1 Å². The fourth-order valence-electron chi connectivity index (χ4n) is 3.06. The number of aromatic nitrogens is 1. The molecule has 2 aliphatic rings. The van der Waals surface area contributed by atoms with E-state index in [1.54, 1.807) is 0 Å². The molecule has 3 nitrogen and oxygen atoms in total. The zero-order valence-corrected chi connectivity index (χ0v) is 14.2. The van der Waals surface area contributed by atoms with Gasteiger partial charge < -0.3 is 10.2 Å². The van der Waals surface area contributed by atoms with Crippen molar-refractivity contribution in [3.63, 3.8) is 0 Å². The molecule has 2 heterocycles. The van der Waals surface area contributed by atoms with Crippen molar-refractivity contribution in [2.45, 2.75) is 51.6 Å². The Bertz CT molecular complexity index is 446. The highest BCUT2D eigenvalue weighted by molar-refractivity contribution is 7.99. The molecule has 1 aromatic rings. The molecule has 1 aromatic heterocycles. The largest absolute Gasteiger partial charge is 0.344 e. The van der Waals surface area contributed by atoms with E-state index < -0.39 is 0 Å². The first-order valence-corrected chi connectivity index (χ1v) is 9.84. The van der Waals surface area contributed by atoms with Crippen LogP contribution >= 0.6 is 23.1 Å². The molecular weight excluding hydrogens is 286 g/mol. The summed E-state index contributed by atoms with van der Waals surface area (Å²) in [5.74, 6) is 2.48. The van der Waals surface area contributed by atoms with E-state index in [1.807, 2.05) is 11.3 Å². The molecule has 2 unspecified atom stereocenters. The van der Waals surface area contributed by atoms with Crippen LogP contribution in [0.2, 0.25) is 0 Å². The second-order valence-electron chi connectivity index (χ2n) is 5.82. The van der Waals surface area contributed by atoms with E-state index in [0.717, 1.165) is 13.1 Å². The lowest BCUT2D eigenvalue weighted by molar-refractivity contribution is 0.454. The van der Waals surface area contributed by atoms with Crippen LogP contribution in [0.15, 0.2) is 0 Å². The van der Waals surface area contributed by atoms with Crippen LogP contribution in [0.5, 0.6) is 0 Å². The zero-order valence-electron chi connectivity index (χ0n) is 12.5. The molecule has 3 rings (SSSR count). The second kappa shape index (κ2) is 6.67. The van der Waals surface area contributed by atoms with Crippen molar-refractivity contribution in [2.75, 3.05) is 29.5 Å². The summed E-state index contributed by atoms with van der Waals surface area (Å²) in [5.41, 5.74) is 1.36. The number of hydrogen-bond acceptors (Lipinski definition) is 5. The van der Waals surface area contributed by atoms with Gasteiger partial charge in [0.15, 0.2) is 5.13 Å². The van der Waals surface area contributed by atoms with Crippen LogP contribution in [0.1, 0.15) is 49.7 Å². The van der Waals surface area contributed by atoms with Gasteiger partial charge in [0.1, 0.15) is 0 Å². The number of fused-ring (bicyclic) bond motifs is 1.